The second kappa shape index (κ2) is 29.0. The highest BCUT2D eigenvalue weighted by Crippen LogP contribution is 2.44. The van der Waals surface area contributed by atoms with Crippen LogP contribution in [0.15, 0.2) is 12.2 Å². The Hall–Kier alpha value is -1.37. The zero-order chi connectivity index (χ0) is 40.4. The van der Waals surface area contributed by atoms with Gasteiger partial charge in [0.1, 0.15) is 6.61 Å². The minimum Gasteiger partial charge on any atom is -0.462 e. The van der Waals surface area contributed by atoms with Crippen LogP contribution in [0.25, 0.3) is 0 Å². The van der Waals surface area contributed by atoms with Gasteiger partial charge in [-0.05, 0) is 52.6 Å². The molecule has 8 unspecified atom stereocenters. The van der Waals surface area contributed by atoms with Crippen LogP contribution in [0.4, 0.5) is 0 Å². The zero-order valence-corrected chi connectivity index (χ0v) is 36.3. The van der Waals surface area contributed by atoms with Gasteiger partial charge >= 0.3 is 19.8 Å². The van der Waals surface area contributed by atoms with Crippen molar-refractivity contribution in [2.45, 2.75) is 211 Å². The van der Waals surface area contributed by atoms with Crippen LogP contribution in [-0.4, -0.2) is 105 Å². The summed E-state index contributed by atoms with van der Waals surface area (Å²) in [5.74, 6) is -0.887. The maximum Gasteiger partial charge on any atom is 0.472 e. The Morgan fingerprint density at radius 2 is 1.20 bits per heavy atom. The molecule has 0 radical (unpaired) electrons. The van der Waals surface area contributed by atoms with Crippen molar-refractivity contribution in [1.29, 1.82) is 0 Å². The van der Waals surface area contributed by atoms with E-state index in [1.165, 1.54) is 83.5 Å². The minimum absolute atomic E-state index is 0.0103. The molecular weight excluding hydrogens is 737 g/mol. The van der Waals surface area contributed by atoms with E-state index in [0.717, 1.165) is 51.4 Å². The molecule has 3 fully saturated rings. The number of phosphoric ester groups is 1. The van der Waals surface area contributed by atoms with Crippen molar-refractivity contribution in [1.82, 2.24) is 4.90 Å². The Morgan fingerprint density at radius 1 is 0.661 bits per heavy atom. The van der Waals surface area contributed by atoms with Gasteiger partial charge in [0.15, 0.2) is 6.10 Å². The first-order valence-electron chi connectivity index (χ1n) is 22.3. The molecule has 13 heteroatoms. The molecule has 3 aliphatic rings. The number of hydrogen-bond acceptors (Lipinski definition) is 11. The molecule has 0 amide bonds. The van der Waals surface area contributed by atoms with Gasteiger partial charge in [-0.1, -0.05) is 116 Å². The Labute approximate surface area is 339 Å². The second-order valence-corrected chi connectivity index (χ2v) is 17.8. The molecule has 12 nitrogen and oxygen atoms in total. The molecule has 0 aromatic heterocycles. The summed E-state index contributed by atoms with van der Waals surface area (Å²) in [6.45, 7) is 4.18. The lowest BCUT2D eigenvalue weighted by Gasteiger charge is -2.20. The number of epoxide rings is 3. The van der Waals surface area contributed by atoms with Crippen molar-refractivity contribution in [2.24, 2.45) is 0 Å². The lowest BCUT2D eigenvalue weighted by Crippen LogP contribution is -2.29. The summed E-state index contributed by atoms with van der Waals surface area (Å²) < 4.78 is 51.2. The van der Waals surface area contributed by atoms with Crippen LogP contribution in [0.2, 0.25) is 0 Å². The molecule has 8 atom stereocenters. The van der Waals surface area contributed by atoms with Crippen molar-refractivity contribution < 1.29 is 51.8 Å². The number of carbonyl (C=O) groups excluding carboxylic acids is 2. The van der Waals surface area contributed by atoms with Gasteiger partial charge in [-0.2, -0.15) is 0 Å². The summed E-state index contributed by atoms with van der Waals surface area (Å²) in [5, 5.41) is 0. The molecule has 3 rings (SSSR count). The lowest BCUT2D eigenvalue weighted by molar-refractivity contribution is -0.161. The normalized spacial score (nSPS) is 24.3. The number of phosphoric acid groups is 1. The third-order valence-corrected chi connectivity index (χ3v) is 11.8. The quantitative estimate of drug-likeness (QED) is 0.0208. The maximum absolute atomic E-state index is 12.8. The van der Waals surface area contributed by atoms with Gasteiger partial charge in [-0.25, -0.2) is 4.57 Å². The zero-order valence-electron chi connectivity index (χ0n) is 35.4. The van der Waals surface area contributed by atoms with Crippen molar-refractivity contribution in [2.75, 3.05) is 40.5 Å². The third-order valence-electron chi connectivity index (χ3n) is 10.8. The SMILES string of the molecule is CCCCC/C=C\CC1OC1CC1OC1CC1OC1CCCC(=O)OC(COC(=O)CCCCCCCCCCCCCCC)COP(=O)(O)OCCN(C)C. The number of unbranched alkanes of at least 4 members (excludes halogenated alkanes) is 15. The van der Waals surface area contributed by atoms with E-state index >= 15 is 0 Å². The van der Waals surface area contributed by atoms with Gasteiger partial charge in [0.05, 0.1) is 49.8 Å². The van der Waals surface area contributed by atoms with Gasteiger partial charge in [0.2, 0.25) is 0 Å². The number of ether oxygens (including phenoxy) is 5. The highest BCUT2D eigenvalue weighted by Gasteiger charge is 2.51. The molecule has 0 aromatic rings. The van der Waals surface area contributed by atoms with Crippen LogP contribution in [0.1, 0.15) is 168 Å². The Bertz CT molecular complexity index is 1140. The fraction of sp³-hybridized carbons (Fsp3) is 0.907. The van der Waals surface area contributed by atoms with E-state index in [2.05, 4.69) is 26.0 Å². The monoisotopic (exact) mass is 816 g/mol. The topological polar surface area (TPSA) is 149 Å². The largest absolute Gasteiger partial charge is 0.472 e. The van der Waals surface area contributed by atoms with Gasteiger partial charge < -0.3 is 33.5 Å². The fourth-order valence-corrected chi connectivity index (χ4v) is 7.80. The van der Waals surface area contributed by atoms with Crippen LogP contribution in [0.3, 0.4) is 0 Å². The Morgan fingerprint density at radius 3 is 1.84 bits per heavy atom. The molecular formula is C43H78NO11P. The number of likely N-dealkylation sites (N-methyl/N-ethyl adjacent to an activating group) is 1. The van der Waals surface area contributed by atoms with Crippen LogP contribution in [0, 0.1) is 0 Å². The lowest BCUT2D eigenvalue weighted by atomic mass is 10.0. The fourth-order valence-electron chi connectivity index (χ4n) is 7.05. The molecule has 3 aliphatic heterocycles. The Balaban J connectivity index is 1.25. The number of rotatable bonds is 38. The molecule has 0 bridgehead atoms. The van der Waals surface area contributed by atoms with Gasteiger partial charge in [0, 0.05) is 32.2 Å². The third kappa shape index (κ3) is 24.5. The van der Waals surface area contributed by atoms with Crippen LogP contribution >= 0.6 is 7.82 Å². The summed E-state index contributed by atoms with van der Waals surface area (Å²) >= 11 is 0. The molecule has 0 aromatic carbocycles. The van der Waals surface area contributed by atoms with E-state index in [-0.39, 0.29) is 50.5 Å². The van der Waals surface area contributed by atoms with Crippen molar-refractivity contribution in [3.63, 3.8) is 0 Å². The number of esters is 2. The molecule has 0 aliphatic carbocycles. The number of hydrogen-bond donors (Lipinski definition) is 1. The average Bonchev–Trinajstić information content (AvgIpc) is 4.11. The average molecular weight is 816 g/mol. The van der Waals surface area contributed by atoms with Crippen LogP contribution in [0.5, 0.6) is 0 Å². The predicted molar refractivity (Wildman–Crippen MR) is 218 cm³/mol. The van der Waals surface area contributed by atoms with E-state index in [1.54, 1.807) is 0 Å². The minimum atomic E-state index is -4.39. The second-order valence-electron chi connectivity index (χ2n) is 16.4. The van der Waals surface area contributed by atoms with Crippen LogP contribution in [-0.2, 0) is 46.9 Å². The highest BCUT2D eigenvalue weighted by molar-refractivity contribution is 7.47. The molecule has 326 valence electrons. The maximum atomic E-state index is 12.8. The van der Waals surface area contributed by atoms with Gasteiger partial charge in [-0.3, -0.25) is 18.6 Å². The summed E-state index contributed by atoms with van der Waals surface area (Å²) in [4.78, 5) is 37.2. The first-order valence-corrected chi connectivity index (χ1v) is 23.8. The van der Waals surface area contributed by atoms with Crippen molar-refractivity contribution in [3.05, 3.63) is 12.2 Å². The van der Waals surface area contributed by atoms with E-state index < -0.39 is 32.5 Å². The van der Waals surface area contributed by atoms with E-state index in [0.29, 0.717) is 25.2 Å². The summed E-state index contributed by atoms with van der Waals surface area (Å²) in [5.41, 5.74) is 0. The molecule has 3 saturated heterocycles. The van der Waals surface area contributed by atoms with E-state index in [4.69, 9.17) is 32.7 Å². The predicted octanol–water partition coefficient (Wildman–Crippen LogP) is 9.40. The van der Waals surface area contributed by atoms with E-state index in [1.807, 2.05) is 19.0 Å². The molecule has 0 saturated carbocycles. The van der Waals surface area contributed by atoms with Crippen LogP contribution < -0.4 is 0 Å². The molecule has 3 heterocycles. The van der Waals surface area contributed by atoms with Crippen molar-refractivity contribution >= 4 is 19.8 Å². The Kier molecular flexibility index (Phi) is 25.3. The number of carbonyl (C=O) groups is 2. The summed E-state index contributed by atoms with van der Waals surface area (Å²) in [6, 6.07) is 0. The first-order chi connectivity index (χ1) is 27.1. The first kappa shape index (κ1) is 49.0. The van der Waals surface area contributed by atoms with Crippen molar-refractivity contribution in [3.8, 4) is 0 Å². The highest BCUT2D eigenvalue weighted by atomic mass is 31.2. The number of nitrogens with zero attached hydrogens (tertiary/aromatic N) is 1. The van der Waals surface area contributed by atoms with Gasteiger partial charge in [-0.15, -0.1) is 0 Å². The van der Waals surface area contributed by atoms with Gasteiger partial charge in [0.25, 0.3) is 0 Å². The molecule has 56 heavy (non-hydrogen) atoms. The molecule has 1 N–H and O–H groups in total. The summed E-state index contributed by atoms with van der Waals surface area (Å²) in [6.07, 6.45) is 30.0. The smallest absolute Gasteiger partial charge is 0.462 e. The number of allylic oxidation sites excluding steroid dienone is 1. The summed E-state index contributed by atoms with van der Waals surface area (Å²) in [7, 11) is -0.761. The standard InChI is InChI=1S/C43H78NO11P/c1-5-7-9-11-13-14-15-16-17-18-19-21-23-27-42(45)49-33-35(34-51-56(47,48)50-30-29-44(3)4)52-43(46)28-24-26-37-39(54-37)32-41-40(55-41)31-38-36(53-38)25-22-20-12-10-8-6-2/h20,22,35-41H,5-19,21,23-34H2,1-4H3,(H,47,48)/b22-20-. The van der Waals surface area contributed by atoms with E-state index in [9.17, 15) is 19.0 Å². The molecule has 0 spiro atoms.